The first-order chi connectivity index (χ1) is 13.3. The molecule has 27 heavy (non-hydrogen) atoms. The van der Waals surface area contributed by atoms with E-state index in [1.807, 2.05) is 41.3 Å². The fraction of sp³-hybridized carbons (Fsp3) is 0.136. The maximum atomic E-state index is 10.5. The number of rotatable bonds is 3. The lowest BCUT2D eigenvalue weighted by Crippen LogP contribution is -2.36. The average molecular weight is 356 g/mol. The summed E-state index contributed by atoms with van der Waals surface area (Å²) in [6, 6.07) is 25.0. The smallest absolute Gasteiger partial charge is 0.184 e. The van der Waals surface area contributed by atoms with E-state index >= 15 is 0 Å². The number of aliphatic hydroxyl groups excluding tert-OH is 1. The van der Waals surface area contributed by atoms with Crippen LogP contribution in [0.1, 0.15) is 11.6 Å². The molecular formula is C22H20N4O. The fourth-order valence-corrected chi connectivity index (χ4v) is 3.80. The number of fused-ring (bicyclic) bond motifs is 1. The molecule has 134 valence electrons. The molecule has 0 saturated carbocycles. The van der Waals surface area contributed by atoms with Crippen molar-refractivity contribution in [2.24, 2.45) is 0 Å². The Hall–Kier alpha value is -3.15. The molecule has 1 fully saturated rings. The molecule has 3 aromatic carbocycles. The average Bonchev–Trinajstić information content (AvgIpc) is 3.34. The Balaban J connectivity index is 1.48. The number of nitrogens with zero attached hydrogens (tertiary/aromatic N) is 2. The van der Waals surface area contributed by atoms with Gasteiger partial charge >= 0.3 is 0 Å². The number of aliphatic hydroxyl groups is 1. The second kappa shape index (κ2) is 6.54. The van der Waals surface area contributed by atoms with Gasteiger partial charge in [0.25, 0.3) is 0 Å². The molecule has 1 aliphatic heterocycles. The summed E-state index contributed by atoms with van der Waals surface area (Å²) >= 11 is 0. The first-order valence-electron chi connectivity index (χ1n) is 9.08. The zero-order valence-electron chi connectivity index (χ0n) is 14.7. The highest BCUT2D eigenvalue weighted by atomic mass is 16.3. The number of nitrogens with one attached hydrogen (secondary N) is 2. The molecular weight excluding hydrogens is 336 g/mol. The zero-order chi connectivity index (χ0) is 18.2. The van der Waals surface area contributed by atoms with Crippen molar-refractivity contribution in [1.29, 1.82) is 0 Å². The van der Waals surface area contributed by atoms with Gasteiger partial charge in [0.2, 0.25) is 0 Å². The van der Waals surface area contributed by atoms with Gasteiger partial charge in [0.15, 0.2) is 6.35 Å². The minimum absolute atomic E-state index is 0.0604. The van der Waals surface area contributed by atoms with Crippen molar-refractivity contribution in [3.05, 3.63) is 84.7 Å². The van der Waals surface area contributed by atoms with Gasteiger partial charge in [-0.15, -0.1) is 0 Å². The molecule has 0 radical (unpaired) electrons. The molecule has 0 bridgehead atoms. The van der Waals surface area contributed by atoms with Crippen molar-refractivity contribution in [3.63, 3.8) is 0 Å². The first-order valence-corrected chi connectivity index (χ1v) is 9.08. The molecule has 5 heteroatoms. The molecule has 2 atom stereocenters. The Morgan fingerprint density at radius 3 is 2.52 bits per heavy atom. The maximum absolute atomic E-state index is 10.5. The van der Waals surface area contributed by atoms with E-state index in [0.29, 0.717) is 6.54 Å². The Morgan fingerprint density at radius 1 is 0.926 bits per heavy atom. The third-order valence-electron chi connectivity index (χ3n) is 5.20. The van der Waals surface area contributed by atoms with Crippen LogP contribution in [-0.4, -0.2) is 28.0 Å². The zero-order valence-corrected chi connectivity index (χ0v) is 14.7. The molecule has 2 unspecified atom stereocenters. The summed E-state index contributed by atoms with van der Waals surface area (Å²) in [5.41, 5.74) is 6.41. The van der Waals surface area contributed by atoms with Crippen LogP contribution in [0.2, 0.25) is 0 Å². The summed E-state index contributed by atoms with van der Waals surface area (Å²) in [7, 11) is 0. The quantitative estimate of drug-likeness (QED) is 0.524. The second-order valence-electron chi connectivity index (χ2n) is 6.80. The number of anilines is 1. The minimum Gasteiger partial charge on any atom is -0.361 e. The number of hydrogen-bond donors (Lipinski definition) is 3. The van der Waals surface area contributed by atoms with Crippen LogP contribution < -0.4 is 10.2 Å². The van der Waals surface area contributed by atoms with Crippen molar-refractivity contribution < 1.29 is 5.11 Å². The van der Waals surface area contributed by atoms with E-state index in [2.05, 4.69) is 51.7 Å². The lowest BCUT2D eigenvalue weighted by Gasteiger charge is -2.29. The third kappa shape index (κ3) is 2.87. The normalized spacial score (nSPS) is 19.7. The van der Waals surface area contributed by atoms with Crippen molar-refractivity contribution in [2.75, 3.05) is 11.4 Å². The fourth-order valence-electron chi connectivity index (χ4n) is 3.80. The van der Waals surface area contributed by atoms with E-state index in [4.69, 9.17) is 0 Å². The van der Waals surface area contributed by atoms with Gasteiger partial charge in [0.05, 0.1) is 23.4 Å². The standard InChI is InChI=1S/C22H20N4O/c27-22-23-13-21(26(22)18-10-11-19-20(12-18)25-14-24-19)17-8-6-16(7-9-17)15-4-2-1-3-5-15/h1-12,14,21-23,27H,13H2,(H,24,25). The third-order valence-corrected chi connectivity index (χ3v) is 5.20. The Morgan fingerprint density at radius 2 is 1.70 bits per heavy atom. The molecule has 0 aliphatic carbocycles. The van der Waals surface area contributed by atoms with Crippen LogP contribution >= 0.6 is 0 Å². The second-order valence-corrected chi connectivity index (χ2v) is 6.80. The van der Waals surface area contributed by atoms with Crippen molar-refractivity contribution in [3.8, 4) is 11.1 Å². The minimum atomic E-state index is -0.718. The van der Waals surface area contributed by atoms with Gasteiger partial charge in [-0.05, 0) is 34.9 Å². The number of imidazole rings is 1. The summed E-state index contributed by atoms with van der Waals surface area (Å²) in [5.74, 6) is 0. The molecule has 5 nitrogen and oxygen atoms in total. The number of aromatic amines is 1. The van der Waals surface area contributed by atoms with Crippen LogP contribution in [0.4, 0.5) is 5.69 Å². The number of H-pyrrole nitrogens is 1. The molecule has 1 aromatic heterocycles. The number of hydrogen-bond acceptors (Lipinski definition) is 4. The van der Waals surface area contributed by atoms with Gasteiger partial charge in [-0.1, -0.05) is 54.6 Å². The van der Waals surface area contributed by atoms with Crippen LogP contribution in [0.25, 0.3) is 22.2 Å². The molecule has 3 N–H and O–H groups in total. The molecule has 0 amide bonds. The van der Waals surface area contributed by atoms with Crippen LogP contribution in [0, 0.1) is 0 Å². The van der Waals surface area contributed by atoms with Crippen LogP contribution in [0.3, 0.4) is 0 Å². The first kappa shape index (κ1) is 16.1. The van der Waals surface area contributed by atoms with E-state index in [-0.39, 0.29) is 6.04 Å². The van der Waals surface area contributed by atoms with Crippen molar-refractivity contribution in [2.45, 2.75) is 12.4 Å². The van der Waals surface area contributed by atoms with Crippen LogP contribution in [0.5, 0.6) is 0 Å². The van der Waals surface area contributed by atoms with Gasteiger partial charge in [-0.25, -0.2) is 4.98 Å². The highest BCUT2D eigenvalue weighted by molar-refractivity contribution is 5.79. The highest BCUT2D eigenvalue weighted by Gasteiger charge is 2.33. The number of benzene rings is 3. The van der Waals surface area contributed by atoms with Crippen LogP contribution in [-0.2, 0) is 0 Å². The summed E-state index contributed by atoms with van der Waals surface area (Å²) < 4.78 is 0. The summed E-state index contributed by atoms with van der Waals surface area (Å²) in [4.78, 5) is 9.42. The molecule has 0 spiro atoms. The molecule has 4 aromatic rings. The molecule has 1 saturated heterocycles. The Labute approximate surface area is 157 Å². The highest BCUT2D eigenvalue weighted by Crippen LogP contribution is 2.34. The predicted octanol–water partition coefficient (Wildman–Crippen LogP) is 3.66. The van der Waals surface area contributed by atoms with E-state index in [9.17, 15) is 5.11 Å². The summed E-state index contributed by atoms with van der Waals surface area (Å²) in [6.07, 6.45) is 0.969. The lowest BCUT2D eigenvalue weighted by atomic mass is 10.00. The molecule has 5 rings (SSSR count). The Kier molecular flexibility index (Phi) is 3.89. The van der Waals surface area contributed by atoms with Gasteiger partial charge < -0.3 is 15.0 Å². The monoisotopic (exact) mass is 356 g/mol. The van der Waals surface area contributed by atoms with E-state index in [0.717, 1.165) is 16.7 Å². The van der Waals surface area contributed by atoms with Crippen molar-refractivity contribution in [1.82, 2.24) is 15.3 Å². The van der Waals surface area contributed by atoms with Gasteiger partial charge in [0, 0.05) is 12.2 Å². The Bertz CT molecular complexity index is 1060. The molecule has 2 heterocycles. The van der Waals surface area contributed by atoms with Gasteiger partial charge in [-0.3, -0.25) is 5.32 Å². The topological polar surface area (TPSA) is 64.2 Å². The lowest BCUT2D eigenvalue weighted by molar-refractivity contribution is 0.161. The maximum Gasteiger partial charge on any atom is 0.184 e. The van der Waals surface area contributed by atoms with E-state index in [1.54, 1.807) is 6.33 Å². The van der Waals surface area contributed by atoms with Gasteiger partial charge in [0.1, 0.15) is 0 Å². The summed E-state index contributed by atoms with van der Waals surface area (Å²) in [5, 5.41) is 13.7. The van der Waals surface area contributed by atoms with Crippen molar-refractivity contribution >= 4 is 16.7 Å². The predicted molar refractivity (Wildman–Crippen MR) is 107 cm³/mol. The van der Waals surface area contributed by atoms with E-state index in [1.165, 1.54) is 16.7 Å². The largest absolute Gasteiger partial charge is 0.361 e. The van der Waals surface area contributed by atoms with E-state index < -0.39 is 6.35 Å². The van der Waals surface area contributed by atoms with Crippen LogP contribution in [0.15, 0.2) is 79.1 Å². The van der Waals surface area contributed by atoms with Gasteiger partial charge in [-0.2, -0.15) is 0 Å². The number of aromatic nitrogens is 2. The molecule has 1 aliphatic rings. The summed E-state index contributed by atoms with van der Waals surface area (Å²) in [6.45, 7) is 0.687. The SMILES string of the molecule is OC1NCC(c2ccc(-c3ccccc3)cc2)N1c1ccc2nc[nH]c2c1.